The maximum atomic E-state index is 12.3. The minimum Gasteiger partial charge on any atom is -0.192 e. The van der Waals surface area contributed by atoms with E-state index in [4.69, 9.17) is 26.3 Å². The van der Waals surface area contributed by atoms with Gasteiger partial charge in [-0.3, -0.25) is 0 Å². The zero-order valence-electron chi connectivity index (χ0n) is 28.2. The van der Waals surface area contributed by atoms with Crippen LogP contribution in [0.2, 0.25) is 0 Å². The van der Waals surface area contributed by atoms with Crippen molar-refractivity contribution in [3.63, 3.8) is 0 Å². The fourth-order valence-corrected chi connectivity index (χ4v) is 5.72. The summed E-state index contributed by atoms with van der Waals surface area (Å²) in [6.07, 6.45) is 0. The fraction of sp³-hybridized carbons (Fsp3) is 0.171. The van der Waals surface area contributed by atoms with Gasteiger partial charge in [0.15, 0.2) is 0 Å². The van der Waals surface area contributed by atoms with E-state index in [2.05, 4.69) is 6.07 Å². The molecule has 0 amide bonds. The second-order valence-electron chi connectivity index (χ2n) is 11.3. The van der Waals surface area contributed by atoms with E-state index in [-0.39, 0.29) is 34.9 Å². The van der Waals surface area contributed by atoms with Crippen molar-refractivity contribution in [3.05, 3.63) is 128 Å². The Morgan fingerprint density at radius 1 is 0.385 bits per heavy atom. The molecule has 0 bridgehead atoms. The number of hydrogen-bond donors (Lipinski definition) is 0. The summed E-state index contributed by atoms with van der Waals surface area (Å²) < 4.78 is 122. The van der Waals surface area contributed by atoms with Crippen LogP contribution >= 0.6 is 20.4 Å². The molecule has 0 N–H and O–H groups in total. The van der Waals surface area contributed by atoms with Crippen LogP contribution in [-0.4, -0.2) is 0 Å². The molecule has 0 saturated carbocycles. The Labute approximate surface area is 294 Å². The third-order valence-electron chi connectivity index (χ3n) is 6.69. The summed E-state index contributed by atoms with van der Waals surface area (Å²) in [5, 5.41) is 42.8. The second-order valence-corrected chi connectivity index (χ2v) is 16.1. The summed E-state index contributed by atoms with van der Waals surface area (Å²) in [4.78, 5) is -3.95. The molecule has 0 fully saturated rings. The molecule has 0 spiro atoms. The zero-order valence-corrected chi connectivity index (χ0v) is 29.8. The highest BCUT2D eigenvalue weighted by Gasteiger charge is 2.66. The first-order chi connectivity index (χ1) is 23.3. The van der Waals surface area contributed by atoms with Crippen LogP contribution < -0.4 is 0 Å². The predicted molar refractivity (Wildman–Crippen MR) is 181 cm³/mol. The number of hydrogen-bond acceptors (Lipinski definition) is 5. The van der Waals surface area contributed by atoms with Crippen molar-refractivity contribution in [2.45, 2.75) is 51.3 Å². The Bertz CT molecular complexity index is 2200. The van der Waals surface area contributed by atoms with Gasteiger partial charge in [-0.1, -0.05) is 62.6 Å². The van der Waals surface area contributed by atoms with E-state index in [9.17, 15) is 38.9 Å². The van der Waals surface area contributed by atoms with Crippen molar-refractivity contribution >= 4 is 20.4 Å². The summed E-state index contributed by atoms with van der Waals surface area (Å²) >= 11 is 0. The molecule has 0 aromatic heterocycles. The van der Waals surface area contributed by atoms with E-state index >= 15 is 0 Å². The van der Waals surface area contributed by atoms with E-state index in [1.807, 2.05) is 65.0 Å². The first-order valence-corrected chi connectivity index (χ1v) is 18.1. The smallest absolute Gasteiger partial charge is 0.192 e. The van der Waals surface area contributed by atoms with E-state index in [0.29, 0.717) is 29.3 Å². The molecule has 17 heteroatoms. The van der Waals surface area contributed by atoms with Gasteiger partial charge >= 0.3 is 20.4 Å². The normalized spacial score (nSPS) is 13.1. The molecule has 276 valence electrons. The zero-order chi connectivity index (χ0) is 40.6. The molecule has 0 heterocycles. The Kier molecular flexibility index (Phi) is 12.1. The SMILES string of the molecule is Cc1cc(C)c(C#N)c(C#N)c1.Cc1cc(C)c(C#N)c(C)c1.Cc1cc(S(F)(F)(F)(F)F)ccc1C#N.N#Cc1ccc(S(F)(F)(F)(F)F)cc1. The minimum absolute atomic E-state index is 0.0550. The molecular weight excluding hydrogens is 745 g/mol. The lowest BCUT2D eigenvalue weighted by Gasteiger charge is -2.40. The quantitative estimate of drug-likeness (QED) is 0.188. The number of benzene rings is 4. The highest BCUT2D eigenvalue weighted by molar-refractivity contribution is 8.46. The lowest BCUT2D eigenvalue weighted by atomic mass is 10.0. The van der Waals surface area contributed by atoms with Crippen LogP contribution in [0, 0.1) is 98.2 Å². The lowest BCUT2D eigenvalue weighted by molar-refractivity contribution is 0.360. The highest BCUT2D eigenvalue weighted by Crippen LogP contribution is 3.02. The largest absolute Gasteiger partial charge is 0.310 e. The topological polar surface area (TPSA) is 119 Å². The molecule has 0 aliphatic heterocycles. The number of nitriles is 5. The monoisotopic (exact) mass is 773 g/mol. The molecule has 0 aliphatic rings. The number of rotatable bonds is 2. The van der Waals surface area contributed by atoms with Gasteiger partial charge in [0.1, 0.15) is 21.9 Å². The van der Waals surface area contributed by atoms with Crippen LogP contribution in [0.4, 0.5) is 38.9 Å². The first kappa shape index (κ1) is 44.4. The molecule has 0 unspecified atom stereocenters. The average molecular weight is 774 g/mol. The van der Waals surface area contributed by atoms with E-state index < -0.39 is 30.2 Å². The van der Waals surface area contributed by atoms with Crippen LogP contribution in [0.25, 0.3) is 0 Å². The Balaban J connectivity index is 0.000000349. The van der Waals surface area contributed by atoms with Gasteiger partial charge in [-0.25, -0.2) is 0 Å². The third kappa shape index (κ3) is 13.2. The summed E-state index contributed by atoms with van der Waals surface area (Å²) in [5.41, 5.74) is 6.75. The average Bonchev–Trinajstić information content (AvgIpc) is 2.99. The molecule has 0 radical (unpaired) electrons. The standard InChI is InChI=1S/C10H8N2.C10H11N.C8H6F5NS.C7H4F5NS/c1-7-3-8(2)10(6-12)9(4-7)5-11;1-7-4-8(2)10(6-11)9(3)5-7;1-6-4-8(3-2-7(6)5-14)15(9,10,11,12)13;8-14(9,10,11,12)7-3-1-6(5-13)2-4-7/h3-4H,1-2H3;4-5H,1-3H3;2-4H,1H3;1-4H. The van der Waals surface area contributed by atoms with Gasteiger partial charge in [0.05, 0.1) is 46.0 Å². The number of aryl methyl sites for hydroxylation is 6. The van der Waals surface area contributed by atoms with Gasteiger partial charge in [0.25, 0.3) is 0 Å². The van der Waals surface area contributed by atoms with Crippen LogP contribution in [0.3, 0.4) is 0 Å². The molecule has 4 aromatic carbocycles. The van der Waals surface area contributed by atoms with Gasteiger partial charge in [0, 0.05) is 0 Å². The van der Waals surface area contributed by atoms with Crippen LogP contribution in [0.15, 0.2) is 76.5 Å². The Morgan fingerprint density at radius 3 is 1.12 bits per heavy atom. The van der Waals surface area contributed by atoms with E-state index in [1.54, 1.807) is 12.1 Å². The molecule has 4 aromatic rings. The van der Waals surface area contributed by atoms with Crippen LogP contribution in [-0.2, 0) is 0 Å². The second kappa shape index (κ2) is 14.2. The van der Waals surface area contributed by atoms with Crippen molar-refractivity contribution in [2.24, 2.45) is 0 Å². The maximum Gasteiger partial charge on any atom is 0.310 e. The molecule has 0 atom stereocenters. The van der Waals surface area contributed by atoms with Crippen molar-refractivity contribution in [1.29, 1.82) is 26.3 Å². The van der Waals surface area contributed by atoms with Crippen LogP contribution in [0.1, 0.15) is 61.2 Å². The molecule has 4 rings (SSSR count). The van der Waals surface area contributed by atoms with Crippen LogP contribution in [0.5, 0.6) is 0 Å². The fourth-order valence-electron chi connectivity index (χ4n) is 4.35. The lowest BCUT2D eigenvalue weighted by Crippen LogP contribution is -2.06. The van der Waals surface area contributed by atoms with Crippen molar-refractivity contribution < 1.29 is 38.9 Å². The maximum absolute atomic E-state index is 12.3. The van der Waals surface area contributed by atoms with E-state index in [1.165, 1.54) is 18.6 Å². The van der Waals surface area contributed by atoms with Gasteiger partial charge in [0.2, 0.25) is 0 Å². The minimum atomic E-state index is -9.61. The summed E-state index contributed by atoms with van der Waals surface area (Å²) in [6.45, 7) is 10.9. The molecule has 5 nitrogen and oxygen atoms in total. The number of nitrogens with zero attached hydrogens (tertiary/aromatic N) is 5. The van der Waals surface area contributed by atoms with Crippen molar-refractivity contribution in [2.75, 3.05) is 0 Å². The van der Waals surface area contributed by atoms with Crippen molar-refractivity contribution in [1.82, 2.24) is 0 Å². The molecule has 0 saturated heterocycles. The first-order valence-electron chi connectivity index (χ1n) is 14.2. The van der Waals surface area contributed by atoms with Gasteiger partial charge in [-0.05, 0) is 118 Å². The number of halogens is 10. The highest BCUT2D eigenvalue weighted by atomic mass is 32.5. The molecular formula is C35H29F10N5S2. The van der Waals surface area contributed by atoms with Gasteiger partial charge < -0.3 is 0 Å². The summed E-state index contributed by atoms with van der Waals surface area (Å²) in [5.74, 6) is 0. The third-order valence-corrected chi connectivity index (χ3v) is 9.00. The molecule has 0 aliphatic carbocycles. The van der Waals surface area contributed by atoms with E-state index in [0.717, 1.165) is 33.9 Å². The Morgan fingerprint density at radius 2 is 0.769 bits per heavy atom. The molecule has 52 heavy (non-hydrogen) atoms. The van der Waals surface area contributed by atoms with Gasteiger partial charge in [-0.15, -0.1) is 0 Å². The summed E-state index contributed by atoms with van der Waals surface area (Å²) in [6, 6.07) is 20.1. The summed E-state index contributed by atoms with van der Waals surface area (Å²) in [7, 11) is -19.2. The predicted octanol–water partition coefficient (Wildman–Crippen LogP) is 13.3. The Hall–Kier alpha value is -5.67. The van der Waals surface area contributed by atoms with Crippen molar-refractivity contribution in [3.8, 4) is 30.3 Å². The van der Waals surface area contributed by atoms with Gasteiger partial charge in [-0.2, -0.15) is 26.3 Å².